The summed E-state index contributed by atoms with van der Waals surface area (Å²) in [6.07, 6.45) is 4.97. The van der Waals surface area contributed by atoms with E-state index in [0.29, 0.717) is 31.4 Å². The molecule has 1 aliphatic rings. The fourth-order valence-electron chi connectivity index (χ4n) is 4.36. The minimum absolute atomic E-state index is 0.188. The van der Waals surface area contributed by atoms with Gasteiger partial charge in [-0.15, -0.1) is 0 Å². The predicted molar refractivity (Wildman–Crippen MR) is 132 cm³/mol. The Kier molecular flexibility index (Phi) is 10.5. The molecule has 3 rings (SSSR count). The summed E-state index contributed by atoms with van der Waals surface area (Å²) < 4.78 is 37.9. The molecule has 1 unspecified atom stereocenters. The van der Waals surface area contributed by atoms with Crippen LogP contribution in [0.25, 0.3) is 0 Å². The Balaban J connectivity index is 1.55. The zero-order valence-corrected chi connectivity index (χ0v) is 20.6. The summed E-state index contributed by atoms with van der Waals surface area (Å²) in [5, 5.41) is 11.9. The number of nitrogens with zero attached hydrogens (tertiary/aromatic N) is 1. The van der Waals surface area contributed by atoms with Gasteiger partial charge in [-0.05, 0) is 49.1 Å². The largest absolute Gasteiger partial charge is 0.492 e. The fourth-order valence-corrected chi connectivity index (χ4v) is 4.36. The topological polar surface area (TPSA) is 88.1 Å². The van der Waals surface area contributed by atoms with Crippen LogP contribution in [0.4, 0.5) is 19.3 Å². The van der Waals surface area contributed by atoms with Gasteiger partial charge in [0.05, 0.1) is 6.54 Å². The van der Waals surface area contributed by atoms with Crippen LogP contribution in [-0.2, 0) is 16.0 Å². The van der Waals surface area contributed by atoms with Crippen molar-refractivity contribution in [3.63, 3.8) is 0 Å². The second kappa shape index (κ2) is 13.8. The Labute approximate surface area is 210 Å². The predicted octanol–water partition coefficient (Wildman–Crippen LogP) is 5.49. The fraction of sp³-hybridized carbons (Fsp3) is 0.481. The number of rotatable bonds is 13. The molecule has 2 N–H and O–H groups in total. The number of aliphatic carboxylic acids is 1. The number of carbonyl (C=O) groups is 2. The van der Waals surface area contributed by atoms with Crippen LogP contribution in [0.3, 0.4) is 0 Å². The van der Waals surface area contributed by atoms with Gasteiger partial charge < -0.3 is 24.8 Å². The number of anilines is 1. The molecular weight excluding hydrogens is 470 g/mol. The van der Waals surface area contributed by atoms with Crippen molar-refractivity contribution in [1.82, 2.24) is 4.90 Å². The number of carbonyl (C=O) groups excluding carboxylic acids is 1. The van der Waals surface area contributed by atoms with Gasteiger partial charge in [0.2, 0.25) is 0 Å². The number of ether oxygens (including phenoxy) is 2. The molecule has 0 saturated heterocycles. The normalized spacial score (nSPS) is 14.4. The molecule has 36 heavy (non-hydrogen) atoms. The maximum atomic E-state index is 13.6. The molecule has 9 heteroatoms. The quantitative estimate of drug-likeness (QED) is 0.377. The second-order valence-corrected chi connectivity index (χ2v) is 8.96. The molecule has 1 aliphatic carbocycles. The van der Waals surface area contributed by atoms with Crippen molar-refractivity contribution in [3.05, 3.63) is 59.7 Å². The van der Waals surface area contributed by atoms with Crippen LogP contribution in [0.15, 0.2) is 42.5 Å². The lowest BCUT2D eigenvalue weighted by Gasteiger charge is -2.24. The molecule has 1 saturated carbocycles. The van der Waals surface area contributed by atoms with E-state index in [9.17, 15) is 23.5 Å². The van der Waals surface area contributed by atoms with Gasteiger partial charge in [0.25, 0.3) is 0 Å². The summed E-state index contributed by atoms with van der Waals surface area (Å²) in [4.78, 5) is 25.8. The third kappa shape index (κ3) is 8.48. The maximum Gasteiger partial charge on any atom is 0.333 e. The highest BCUT2D eigenvalue weighted by Crippen LogP contribution is 2.27. The van der Waals surface area contributed by atoms with Crippen LogP contribution in [0.2, 0.25) is 0 Å². The van der Waals surface area contributed by atoms with Crippen LogP contribution >= 0.6 is 0 Å². The minimum atomic E-state index is -1.02. The van der Waals surface area contributed by atoms with E-state index in [4.69, 9.17) is 9.47 Å². The van der Waals surface area contributed by atoms with Gasteiger partial charge in [-0.1, -0.05) is 37.8 Å². The first-order valence-corrected chi connectivity index (χ1v) is 12.4. The number of hydrogen-bond acceptors (Lipinski definition) is 4. The lowest BCUT2D eigenvalue weighted by molar-refractivity contribution is -0.149. The van der Waals surface area contributed by atoms with Gasteiger partial charge >= 0.3 is 12.0 Å². The van der Waals surface area contributed by atoms with Crippen molar-refractivity contribution < 1.29 is 33.0 Å². The van der Waals surface area contributed by atoms with Crippen LogP contribution in [0.1, 0.15) is 44.6 Å². The van der Waals surface area contributed by atoms with Gasteiger partial charge in [0.15, 0.2) is 17.7 Å². The van der Waals surface area contributed by atoms with E-state index >= 15 is 0 Å². The lowest BCUT2D eigenvalue weighted by Crippen LogP contribution is -2.39. The molecule has 2 amide bonds. The second-order valence-electron chi connectivity index (χ2n) is 8.96. The van der Waals surface area contributed by atoms with E-state index in [-0.39, 0.29) is 18.7 Å². The van der Waals surface area contributed by atoms with E-state index < -0.39 is 29.7 Å². The van der Waals surface area contributed by atoms with Crippen LogP contribution in [0, 0.1) is 17.6 Å². The molecule has 1 atom stereocenters. The molecule has 0 spiro atoms. The summed E-state index contributed by atoms with van der Waals surface area (Å²) in [5.41, 5.74) is 1.00. The molecule has 0 heterocycles. The monoisotopic (exact) mass is 504 g/mol. The highest BCUT2D eigenvalue weighted by Gasteiger charge is 2.20. The molecule has 7 nitrogen and oxygen atoms in total. The van der Waals surface area contributed by atoms with Crippen molar-refractivity contribution in [2.75, 3.05) is 31.6 Å². The number of hydrogen-bond donors (Lipinski definition) is 2. The third-order valence-electron chi connectivity index (χ3n) is 6.36. The van der Waals surface area contributed by atoms with E-state index in [1.165, 1.54) is 18.9 Å². The standard InChI is InChI=1S/C27H34F2N2O5/c1-2-35-25(26(32)33)17-20-7-10-22(11-8-20)36-16-15-31(14-13-19-5-3-4-6-19)27(34)30-21-9-12-23(28)24(29)18-21/h7-12,18-19,25H,2-6,13-17H2,1H3,(H,30,34)(H,32,33). The van der Waals surface area contributed by atoms with Gasteiger partial charge in [-0.2, -0.15) is 0 Å². The van der Waals surface area contributed by atoms with Crippen molar-refractivity contribution in [2.45, 2.75) is 51.6 Å². The first-order chi connectivity index (χ1) is 17.4. The molecule has 0 bridgehead atoms. The molecule has 2 aromatic carbocycles. The average Bonchev–Trinajstić information content (AvgIpc) is 3.38. The van der Waals surface area contributed by atoms with Gasteiger partial charge in [-0.3, -0.25) is 0 Å². The minimum Gasteiger partial charge on any atom is -0.492 e. The molecule has 196 valence electrons. The van der Waals surface area contributed by atoms with Crippen LogP contribution < -0.4 is 10.1 Å². The average molecular weight is 505 g/mol. The van der Waals surface area contributed by atoms with Crippen LogP contribution in [-0.4, -0.2) is 54.4 Å². The molecule has 0 radical (unpaired) electrons. The number of urea groups is 1. The highest BCUT2D eigenvalue weighted by atomic mass is 19.2. The van der Waals surface area contributed by atoms with Crippen LogP contribution in [0.5, 0.6) is 5.75 Å². The molecule has 2 aromatic rings. The molecule has 0 aromatic heterocycles. The first-order valence-electron chi connectivity index (χ1n) is 12.4. The Morgan fingerprint density at radius 3 is 2.44 bits per heavy atom. The Morgan fingerprint density at radius 1 is 1.08 bits per heavy atom. The van der Waals surface area contributed by atoms with Crippen molar-refractivity contribution in [2.24, 2.45) is 5.92 Å². The lowest BCUT2D eigenvalue weighted by atomic mass is 10.0. The summed E-state index contributed by atoms with van der Waals surface area (Å²) >= 11 is 0. The van der Waals surface area contributed by atoms with Gasteiger partial charge in [0, 0.05) is 31.3 Å². The van der Waals surface area contributed by atoms with E-state index in [1.54, 1.807) is 36.1 Å². The van der Waals surface area contributed by atoms with E-state index in [2.05, 4.69) is 5.32 Å². The number of benzene rings is 2. The third-order valence-corrected chi connectivity index (χ3v) is 6.36. The number of nitrogens with one attached hydrogen (secondary N) is 1. The summed E-state index contributed by atoms with van der Waals surface area (Å²) in [5.74, 6) is -1.81. The summed E-state index contributed by atoms with van der Waals surface area (Å²) in [6, 6.07) is 9.96. The van der Waals surface area contributed by atoms with E-state index in [1.807, 2.05) is 0 Å². The van der Waals surface area contributed by atoms with Crippen molar-refractivity contribution in [3.8, 4) is 5.75 Å². The SMILES string of the molecule is CCOC(Cc1ccc(OCCN(CCC2CCCC2)C(=O)Nc2ccc(F)c(F)c2)cc1)C(=O)O. The van der Waals surface area contributed by atoms with E-state index in [0.717, 1.165) is 37.0 Å². The smallest absolute Gasteiger partial charge is 0.333 e. The number of carboxylic acid groups (broad SMARTS) is 1. The number of amides is 2. The molecule has 1 fully saturated rings. The molecule has 0 aliphatic heterocycles. The van der Waals surface area contributed by atoms with Crippen molar-refractivity contribution >= 4 is 17.7 Å². The molecular formula is C27H34F2N2O5. The number of carboxylic acids is 1. The highest BCUT2D eigenvalue weighted by molar-refractivity contribution is 5.89. The Morgan fingerprint density at radius 2 is 1.81 bits per heavy atom. The zero-order chi connectivity index (χ0) is 25.9. The zero-order valence-electron chi connectivity index (χ0n) is 20.6. The van der Waals surface area contributed by atoms with Gasteiger partial charge in [0.1, 0.15) is 12.4 Å². The van der Waals surface area contributed by atoms with Gasteiger partial charge in [-0.25, -0.2) is 18.4 Å². The van der Waals surface area contributed by atoms with Crippen molar-refractivity contribution in [1.29, 1.82) is 0 Å². The first kappa shape index (κ1) is 27.4. The Hall–Kier alpha value is -3.20. The Bertz CT molecular complexity index is 996. The maximum absolute atomic E-state index is 13.6. The summed E-state index contributed by atoms with van der Waals surface area (Å²) in [6.45, 7) is 3.17. The number of halogens is 2. The summed E-state index contributed by atoms with van der Waals surface area (Å²) in [7, 11) is 0.